The zero-order valence-electron chi connectivity index (χ0n) is 10.9. The molecule has 0 heterocycles. The minimum Gasteiger partial charge on any atom is -0.409 e. The Hall–Kier alpha value is -1.63. The van der Waals surface area contributed by atoms with Crippen LogP contribution in [-0.2, 0) is 11.3 Å². The van der Waals surface area contributed by atoms with Crippen LogP contribution in [0.3, 0.4) is 0 Å². The van der Waals surface area contributed by atoms with Crippen LogP contribution >= 0.6 is 0 Å². The first-order valence-corrected chi connectivity index (χ1v) is 6.24. The highest BCUT2D eigenvalue weighted by Gasteiger charge is 2.05. The number of nitrogens with two attached hydrogens (primary N) is 1. The highest BCUT2D eigenvalue weighted by Crippen LogP contribution is 2.08. The van der Waals surface area contributed by atoms with E-state index in [4.69, 9.17) is 20.8 Å². The number of nitrogens with one attached hydrogen (secondary N) is 1. The van der Waals surface area contributed by atoms with E-state index < -0.39 is 0 Å². The van der Waals surface area contributed by atoms with Crippen molar-refractivity contribution in [1.82, 2.24) is 5.32 Å². The van der Waals surface area contributed by atoms with Gasteiger partial charge in [0, 0.05) is 18.7 Å². The van der Waals surface area contributed by atoms with Crippen LogP contribution in [0.15, 0.2) is 29.4 Å². The van der Waals surface area contributed by atoms with Gasteiger partial charge in [0.1, 0.15) is 0 Å². The van der Waals surface area contributed by atoms with Crippen molar-refractivity contribution in [2.24, 2.45) is 10.9 Å². The summed E-state index contributed by atoms with van der Waals surface area (Å²) in [6.07, 6.45) is 0.867. The minimum atomic E-state index is 0.0561. The minimum absolute atomic E-state index is 0.0561. The summed E-state index contributed by atoms with van der Waals surface area (Å²) in [7, 11) is 0. The number of hydrogen-bond acceptors (Lipinski definition) is 5. The van der Waals surface area contributed by atoms with E-state index in [9.17, 15) is 0 Å². The van der Waals surface area contributed by atoms with E-state index in [0.717, 1.165) is 24.1 Å². The molecule has 1 aromatic rings. The first kappa shape index (κ1) is 15.4. The number of rotatable bonds is 9. The standard InChI is InChI=1S/C13H21N3O3/c14-13(16-18)12-5-2-1-4-11(12)10-15-6-3-8-19-9-7-17/h1-2,4-5,15,17-18H,3,6-10H2,(H2,14,16). The molecule has 0 aliphatic heterocycles. The van der Waals surface area contributed by atoms with Crippen LogP contribution in [0.4, 0.5) is 0 Å². The van der Waals surface area contributed by atoms with Crippen molar-refractivity contribution >= 4 is 5.84 Å². The maximum atomic E-state index is 8.71. The number of ether oxygens (including phenoxy) is 1. The molecule has 0 saturated heterocycles. The molecule has 19 heavy (non-hydrogen) atoms. The molecule has 0 atom stereocenters. The largest absolute Gasteiger partial charge is 0.409 e. The molecule has 0 bridgehead atoms. The van der Waals surface area contributed by atoms with Crippen molar-refractivity contribution in [3.8, 4) is 0 Å². The average Bonchev–Trinajstić information content (AvgIpc) is 2.46. The van der Waals surface area contributed by atoms with Gasteiger partial charge >= 0.3 is 0 Å². The molecule has 0 aromatic heterocycles. The highest BCUT2D eigenvalue weighted by molar-refractivity contribution is 5.98. The molecule has 106 valence electrons. The molecule has 1 aromatic carbocycles. The molecule has 5 N–H and O–H groups in total. The molecule has 0 aliphatic carbocycles. The topological polar surface area (TPSA) is 100 Å². The summed E-state index contributed by atoms with van der Waals surface area (Å²) in [5, 5.41) is 23.5. The maximum Gasteiger partial charge on any atom is 0.170 e. The Bertz CT molecular complexity index is 396. The van der Waals surface area contributed by atoms with Gasteiger partial charge in [0.15, 0.2) is 5.84 Å². The lowest BCUT2D eigenvalue weighted by molar-refractivity contribution is 0.0907. The predicted octanol–water partition coefficient (Wildman–Crippen LogP) is 0.270. The summed E-state index contributed by atoms with van der Waals surface area (Å²) in [6, 6.07) is 7.51. The van der Waals surface area contributed by atoms with Gasteiger partial charge < -0.3 is 26.1 Å². The highest BCUT2D eigenvalue weighted by atomic mass is 16.5. The first-order valence-electron chi connectivity index (χ1n) is 6.24. The van der Waals surface area contributed by atoms with E-state index in [2.05, 4.69) is 10.5 Å². The van der Waals surface area contributed by atoms with Gasteiger partial charge in [-0.25, -0.2) is 0 Å². The Morgan fingerprint density at radius 1 is 1.32 bits per heavy atom. The third-order valence-corrected chi connectivity index (χ3v) is 2.59. The number of amidine groups is 1. The van der Waals surface area contributed by atoms with Crippen LogP contribution in [-0.4, -0.2) is 42.5 Å². The Morgan fingerprint density at radius 2 is 2.11 bits per heavy atom. The molecule has 0 unspecified atom stereocenters. The molecule has 6 heteroatoms. The van der Waals surface area contributed by atoms with E-state index >= 15 is 0 Å². The Kier molecular flexibility index (Phi) is 7.57. The van der Waals surface area contributed by atoms with Crippen molar-refractivity contribution < 1.29 is 15.1 Å². The fourth-order valence-corrected chi connectivity index (χ4v) is 1.67. The average molecular weight is 267 g/mol. The fraction of sp³-hybridized carbons (Fsp3) is 0.462. The number of aliphatic hydroxyl groups excluding tert-OH is 1. The van der Waals surface area contributed by atoms with Crippen LogP contribution in [0.2, 0.25) is 0 Å². The van der Waals surface area contributed by atoms with Crippen LogP contribution in [0.1, 0.15) is 17.5 Å². The summed E-state index contributed by atoms with van der Waals surface area (Å²) in [6.45, 7) is 2.50. The predicted molar refractivity (Wildman–Crippen MR) is 73.2 cm³/mol. The molecule has 0 amide bonds. The second-order valence-electron chi connectivity index (χ2n) is 4.01. The smallest absolute Gasteiger partial charge is 0.170 e. The summed E-state index contributed by atoms with van der Waals surface area (Å²) < 4.78 is 5.15. The van der Waals surface area contributed by atoms with Crippen molar-refractivity contribution in [2.75, 3.05) is 26.4 Å². The second-order valence-corrected chi connectivity index (χ2v) is 4.01. The Morgan fingerprint density at radius 3 is 2.84 bits per heavy atom. The molecule has 0 aliphatic rings. The Balaban J connectivity index is 2.33. The molecule has 0 spiro atoms. The van der Waals surface area contributed by atoms with Crippen LogP contribution in [0, 0.1) is 0 Å². The van der Waals surface area contributed by atoms with E-state index in [1.54, 1.807) is 0 Å². The number of hydrogen-bond donors (Lipinski definition) is 4. The third-order valence-electron chi connectivity index (χ3n) is 2.59. The van der Waals surface area contributed by atoms with E-state index in [1.807, 2.05) is 24.3 Å². The van der Waals surface area contributed by atoms with Gasteiger partial charge in [0.2, 0.25) is 0 Å². The van der Waals surface area contributed by atoms with Crippen LogP contribution in [0.5, 0.6) is 0 Å². The van der Waals surface area contributed by atoms with Crippen molar-refractivity contribution in [1.29, 1.82) is 0 Å². The molecule has 0 saturated carbocycles. The summed E-state index contributed by atoms with van der Waals surface area (Å²) in [5.41, 5.74) is 7.32. The van der Waals surface area contributed by atoms with Gasteiger partial charge in [-0.15, -0.1) is 0 Å². The number of aliphatic hydroxyl groups is 1. The monoisotopic (exact) mass is 267 g/mol. The van der Waals surface area contributed by atoms with Crippen LogP contribution < -0.4 is 11.1 Å². The zero-order valence-corrected chi connectivity index (χ0v) is 10.9. The number of nitrogens with zero attached hydrogens (tertiary/aromatic N) is 1. The van der Waals surface area contributed by atoms with Gasteiger partial charge in [-0.05, 0) is 18.5 Å². The van der Waals surface area contributed by atoms with Gasteiger partial charge in [-0.3, -0.25) is 0 Å². The van der Waals surface area contributed by atoms with E-state index in [1.165, 1.54) is 0 Å². The first-order chi connectivity index (χ1) is 9.29. The molecule has 0 radical (unpaired) electrons. The summed E-state index contributed by atoms with van der Waals surface area (Å²) in [5.74, 6) is 0.115. The van der Waals surface area contributed by atoms with Gasteiger partial charge in [0.25, 0.3) is 0 Å². The quantitative estimate of drug-likeness (QED) is 0.169. The fourth-order valence-electron chi connectivity index (χ4n) is 1.67. The second kappa shape index (κ2) is 9.32. The molecular weight excluding hydrogens is 246 g/mol. The lowest BCUT2D eigenvalue weighted by atomic mass is 10.1. The van der Waals surface area contributed by atoms with Crippen LogP contribution in [0.25, 0.3) is 0 Å². The molecule has 1 rings (SSSR count). The Labute approximate surface area is 112 Å². The van der Waals surface area contributed by atoms with Gasteiger partial charge in [0.05, 0.1) is 13.2 Å². The lowest BCUT2D eigenvalue weighted by Gasteiger charge is -2.09. The maximum absolute atomic E-state index is 8.71. The molecule has 0 fully saturated rings. The summed E-state index contributed by atoms with van der Waals surface area (Å²) >= 11 is 0. The normalized spacial score (nSPS) is 11.7. The van der Waals surface area contributed by atoms with Crippen molar-refractivity contribution in [2.45, 2.75) is 13.0 Å². The summed E-state index contributed by atoms with van der Waals surface area (Å²) in [4.78, 5) is 0. The van der Waals surface area contributed by atoms with E-state index in [-0.39, 0.29) is 12.4 Å². The van der Waals surface area contributed by atoms with Crippen molar-refractivity contribution in [3.63, 3.8) is 0 Å². The number of benzene rings is 1. The molecular formula is C13H21N3O3. The van der Waals surface area contributed by atoms with Gasteiger partial charge in [-0.1, -0.05) is 29.4 Å². The van der Waals surface area contributed by atoms with Crippen molar-refractivity contribution in [3.05, 3.63) is 35.4 Å². The third kappa shape index (κ3) is 5.69. The SMILES string of the molecule is N/C(=N/O)c1ccccc1CNCCCOCCO. The lowest BCUT2D eigenvalue weighted by Crippen LogP contribution is -2.21. The number of oxime groups is 1. The zero-order chi connectivity index (χ0) is 13.9. The van der Waals surface area contributed by atoms with E-state index in [0.29, 0.717) is 19.8 Å². The van der Waals surface area contributed by atoms with Gasteiger partial charge in [-0.2, -0.15) is 0 Å². The molecule has 6 nitrogen and oxygen atoms in total.